The van der Waals surface area contributed by atoms with Crippen LogP contribution in [0.15, 0.2) is 22.7 Å². The highest BCUT2D eigenvalue weighted by molar-refractivity contribution is 9.10. The average molecular weight is 344 g/mol. The molecule has 0 heterocycles. The first kappa shape index (κ1) is 15.9. The van der Waals surface area contributed by atoms with E-state index in [0.29, 0.717) is 23.2 Å². The van der Waals surface area contributed by atoms with Crippen LogP contribution in [0.3, 0.4) is 0 Å². The fraction of sp³-hybridized carbons (Fsp3) is 0.625. The van der Waals surface area contributed by atoms with Gasteiger partial charge in [0, 0.05) is 6.04 Å². The minimum Gasteiger partial charge on any atom is -0.374 e. The highest BCUT2D eigenvalue weighted by Gasteiger charge is 2.21. The summed E-state index contributed by atoms with van der Waals surface area (Å²) >= 11 is 3.21. The Kier molecular flexibility index (Phi) is 6.46. The van der Waals surface area contributed by atoms with Crippen LogP contribution >= 0.6 is 15.9 Å². The molecule has 2 nitrogen and oxygen atoms in total. The Bertz CT molecular complexity index is 419. The lowest BCUT2D eigenvalue weighted by Crippen LogP contribution is -2.35. The molecule has 1 saturated carbocycles. The maximum Gasteiger partial charge on any atom is 0.137 e. The minimum atomic E-state index is -0.226. The number of nitrogens with one attached hydrogen (secondary N) is 1. The molecule has 0 aliphatic heterocycles. The van der Waals surface area contributed by atoms with E-state index in [0.717, 1.165) is 24.9 Å². The van der Waals surface area contributed by atoms with Crippen LogP contribution < -0.4 is 5.32 Å². The van der Waals surface area contributed by atoms with Crippen molar-refractivity contribution >= 4 is 15.9 Å². The van der Waals surface area contributed by atoms with Gasteiger partial charge in [0.2, 0.25) is 0 Å². The van der Waals surface area contributed by atoms with Crippen LogP contribution in [-0.2, 0) is 11.3 Å². The highest BCUT2D eigenvalue weighted by Crippen LogP contribution is 2.23. The van der Waals surface area contributed by atoms with Crippen molar-refractivity contribution < 1.29 is 9.13 Å². The smallest absolute Gasteiger partial charge is 0.137 e. The molecule has 0 radical (unpaired) electrons. The summed E-state index contributed by atoms with van der Waals surface area (Å²) in [6, 6.07) is 5.72. The van der Waals surface area contributed by atoms with E-state index >= 15 is 0 Å². The third-order valence-corrected chi connectivity index (χ3v) is 4.43. The van der Waals surface area contributed by atoms with Crippen molar-refractivity contribution in [2.45, 2.75) is 57.8 Å². The summed E-state index contributed by atoms with van der Waals surface area (Å²) in [7, 11) is 0. The van der Waals surface area contributed by atoms with Crippen LogP contribution in [-0.4, -0.2) is 18.7 Å². The van der Waals surface area contributed by atoms with Crippen LogP contribution in [0.25, 0.3) is 0 Å². The van der Waals surface area contributed by atoms with Crippen LogP contribution in [0.1, 0.15) is 44.6 Å². The Morgan fingerprint density at radius 1 is 1.30 bits per heavy atom. The van der Waals surface area contributed by atoms with E-state index in [9.17, 15) is 4.39 Å². The SMILES string of the molecule is CCCNC1CCC(OCc2ccc(F)c(Br)c2)CC1. The van der Waals surface area contributed by atoms with Crippen LogP contribution in [0.2, 0.25) is 0 Å². The average Bonchev–Trinajstić information content (AvgIpc) is 2.47. The van der Waals surface area contributed by atoms with E-state index in [-0.39, 0.29) is 5.82 Å². The van der Waals surface area contributed by atoms with Gasteiger partial charge in [-0.25, -0.2) is 4.39 Å². The number of rotatable bonds is 6. The summed E-state index contributed by atoms with van der Waals surface area (Å²) in [5.41, 5.74) is 1.02. The van der Waals surface area contributed by atoms with Gasteiger partial charge in [-0.1, -0.05) is 13.0 Å². The molecule has 0 bridgehead atoms. The van der Waals surface area contributed by atoms with Gasteiger partial charge in [0.05, 0.1) is 17.2 Å². The molecule has 1 fully saturated rings. The molecule has 0 spiro atoms. The molecule has 0 aromatic heterocycles. The van der Waals surface area contributed by atoms with Crippen molar-refractivity contribution in [2.24, 2.45) is 0 Å². The van der Waals surface area contributed by atoms with Gasteiger partial charge in [-0.2, -0.15) is 0 Å². The summed E-state index contributed by atoms with van der Waals surface area (Å²) < 4.78 is 19.6. The lowest BCUT2D eigenvalue weighted by molar-refractivity contribution is 0.0113. The third kappa shape index (κ3) is 4.83. The zero-order chi connectivity index (χ0) is 14.4. The van der Waals surface area contributed by atoms with E-state index in [2.05, 4.69) is 28.2 Å². The van der Waals surface area contributed by atoms with Gasteiger partial charge in [-0.3, -0.25) is 0 Å². The van der Waals surface area contributed by atoms with E-state index in [1.807, 2.05) is 0 Å². The normalized spacial score (nSPS) is 22.9. The topological polar surface area (TPSA) is 21.3 Å². The molecule has 0 saturated heterocycles. The highest BCUT2D eigenvalue weighted by atomic mass is 79.9. The van der Waals surface area contributed by atoms with E-state index in [1.54, 1.807) is 12.1 Å². The lowest BCUT2D eigenvalue weighted by Gasteiger charge is -2.29. The molecule has 0 unspecified atom stereocenters. The fourth-order valence-electron chi connectivity index (χ4n) is 2.63. The monoisotopic (exact) mass is 343 g/mol. The molecule has 1 aromatic rings. The van der Waals surface area contributed by atoms with Crippen molar-refractivity contribution in [1.82, 2.24) is 5.32 Å². The van der Waals surface area contributed by atoms with Gasteiger partial charge in [0.1, 0.15) is 5.82 Å². The molecule has 20 heavy (non-hydrogen) atoms. The Balaban J connectivity index is 1.71. The fourth-order valence-corrected chi connectivity index (χ4v) is 3.05. The van der Waals surface area contributed by atoms with Gasteiger partial charge in [0.25, 0.3) is 0 Å². The number of hydrogen-bond donors (Lipinski definition) is 1. The first-order valence-corrected chi connectivity index (χ1v) is 8.27. The zero-order valence-corrected chi connectivity index (χ0v) is 13.6. The van der Waals surface area contributed by atoms with Crippen molar-refractivity contribution in [1.29, 1.82) is 0 Å². The molecular formula is C16H23BrFNO. The maximum atomic E-state index is 13.1. The van der Waals surface area contributed by atoms with E-state index in [4.69, 9.17) is 4.74 Å². The number of halogens is 2. The lowest BCUT2D eigenvalue weighted by atomic mass is 9.93. The zero-order valence-electron chi connectivity index (χ0n) is 12.0. The van der Waals surface area contributed by atoms with E-state index in [1.165, 1.54) is 25.3 Å². The first-order valence-electron chi connectivity index (χ1n) is 7.48. The van der Waals surface area contributed by atoms with Crippen LogP contribution in [0, 0.1) is 5.82 Å². The summed E-state index contributed by atoms with van der Waals surface area (Å²) in [5, 5.41) is 3.58. The van der Waals surface area contributed by atoms with Crippen LogP contribution in [0.4, 0.5) is 4.39 Å². The second-order valence-electron chi connectivity index (χ2n) is 5.49. The van der Waals surface area contributed by atoms with Gasteiger partial charge < -0.3 is 10.1 Å². The Hall–Kier alpha value is -0.450. The molecule has 0 amide bonds. The van der Waals surface area contributed by atoms with Crippen molar-refractivity contribution in [2.75, 3.05) is 6.54 Å². The number of hydrogen-bond acceptors (Lipinski definition) is 2. The molecular weight excluding hydrogens is 321 g/mol. The summed E-state index contributed by atoms with van der Waals surface area (Å²) in [5.74, 6) is -0.226. The Labute approximate surface area is 129 Å². The summed E-state index contributed by atoms with van der Waals surface area (Å²) in [6.45, 7) is 3.87. The minimum absolute atomic E-state index is 0.226. The van der Waals surface area contributed by atoms with Gasteiger partial charge in [-0.05, 0) is 72.3 Å². The number of benzene rings is 1. The standard InChI is InChI=1S/C16H23BrFNO/c1-2-9-19-13-4-6-14(7-5-13)20-11-12-3-8-16(18)15(17)10-12/h3,8,10,13-14,19H,2,4-7,9,11H2,1H3. The largest absolute Gasteiger partial charge is 0.374 e. The molecule has 1 aliphatic carbocycles. The first-order chi connectivity index (χ1) is 9.69. The predicted octanol–water partition coefficient (Wildman–Crippen LogP) is 4.42. The molecule has 4 heteroatoms. The van der Waals surface area contributed by atoms with Gasteiger partial charge in [-0.15, -0.1) is 0 Å². The second kappa shape index (κ2) is 8.11. The second-order valence-corrected chi connectivity index (χ2v) is 6.34. The Morgan fingerprint density at radius 2 is 2.05 bits per heavy atom. The van der Waals surface area contributed by atoms with Crippen molar-refractivity contribution in [3.63, 3.8) is 0 Å². The van der Waals surface area contributed by atoms with Gasteiger partial charge >= 0.3 is 0 Å². The maximum absolute atomic E-state index is 13.1. The van der Waals surface area contributed by atoms with Gasteiger partial charge in [0.15, 0.2) is 0 Å². The molecule has 2 rings (SSSR count). The molecule has 1 N–H and O–H groups in total. The summed E-state index contributed by atoms with van der Waals surface area (Å²) in [4.78, 5) is 0. The Morgan fingerprint density at radius 3 is 2.70 bits per heavy atom. The molecule has 1 aromatic carbocycles. The predicted molar refractivity (Wildman–Crippen MR) is 83.2 cm³/mol. The van der Waals surface area contributed by atoms with E-state index < -0.39 is 0 Å². The molecule has 1 aliphatic rings. The quantitative estimate of drug-likeness (QED) is 0.825. The van der Waals surface area contributed by atoms with Crippen molar-refractivity contribution in [3.8, 4) is 0 Å². The van der Waals surface area contributed by atoms with Crippen molar-refractivity contribution in [3.05, 3.63) is 34.1 Å². The van der Waals surface area contributed by atoms with Crippen LogP contribution in [0.5, 0.6) is 0 Å². The number of ether oxygens (including phenoxy) is 1. The third-order valence-electron chi connectivity index (χ3n) is 3.83. The molecule has 0 atom stereocenters. The molecule has 112 valence electrons. The summed E-state index contributed by atoms with van der Waals surface area (Å²) in [6.07, 6.45) is 6.15.